The van der Waals surface area contributed by atoms with Crippen LogP contribution in [0.25, 0.3) is 10.9 Å². The van der Waals surface area contributed by atoms with Crippen molar-refractivity contribution in [3.8, 4) is 0 Å². The Morgan fingerprint density at radius 2 is 1.62 bits per heavy atom. The topological polar surface area (TPSA) is 102 Å². The van der Waals surface area contributed by atoms with Gasteiger partial charge in [-0.15, -0.1) is 0 Å². The van der Waals surface area contributed by atoms with Crippen LogP contribution in [-0.4, -0.2) is 102 Å². The lowest BCUT2D eigenvalue weighted by molar-refractivity contribution is -0.133. The molecule has 50 heavy (non-hydrogen) atoms. The number of carbonyl (C=O) groups excluding carboxylic acids is 3. The first-order valence-corrected chi connectivity index (χ1v) is 18.5. The van der Waals surface area contributed by atoms with Crippen LogP contribution in [0.4, 0.5) is 5.69 Å². The number of anilines is 1. The summed E-state index contributed by atoms with van der Waals surface area (Å²) in [6.45, 7) is 12.0. The summed E-state index contributed by atoms with van der Waals surface area (Å²) < 4.78 is 20.6. The highest BCUT2D eigenvalue weighted by Crippen LogP contribution is 2.31. The third kappa shape index (κ3) is 7.99. The molecule has 2 saturated heterocycles. The summed E-state index contributed by atoms with van der Waals surface area (Å²) in [5.74, 6) is 0.0710. The number of amides is 2. The van der Waals surface area contributed by atoms with Crippen LogP contribution in [0.5, 0.6) is 0 Å². The lowest BCUT2D eigenvalue weighted by Crippen LogP contribution is -2.41. The summed E-state index contributed by atoms with van der Waals surface area (Å²) in [5, 5.41) is 4.04. The number of likely N-dealkylation sites (tertiary alicyclic amines) is 2. The number of para-hydroxylation sites is 1. The zero-order chi connectivity index (χ0) is 35.4. The lowest BCUT2D eigenvalue weighted by atomic mass is 9.88. The molecule has 270 valence electrons. The fraction of sp³-hybridized carbons (Fsp3) is 0.575. The van der Waals surface area contributed by atoms with Gasteiger partial charge in [0.25, 0.3) is 5.91 Å². The van der Waals surface area contributed by atoms with E-state index < -0.39 is 0 Å². The van der Waals surface area contributed by atoms with Crippen LogP contribution in [0.15, 0.2) is 42.6 Å². The van der Waals surface area contributed by atoms with E-state index in [1.165, 1.54) is 0 Å². The molecular formula is C40H54N4O6. The van der Waals surface area contributed by atoms with Gasteiger partial charge < -0.3 is 33.8 Å². The van der Waals surface area contributed by atoms with Crippen LogP contribution in [0.1, 0.15) is 73.0 Å². The van der Waals surface area contributed by atoms with Crippen molar-refractivity contribution in [1.82, 2.24) is 14.4 Å². The summed E-state index contributed by atoms with van der Waals surface area (Å²) in [4.78, 5) is 43.3. The quantitative estimate of drug-likeness (QED) is 0.239. The van der Waals surface area contributed by atoms with Crippen LogP contribution in [-0.2, 0) is 37.3 Å². The number of ether oxygens (including phenoxy) is 3. The van der Waals surface area contributed by atoms with Gasteiger partial charge in [0, 0.05) is 74.6 Å². The fourth-order valence-corrected chi connectivity index (χ4v) is 8.25. The van der Waals surface area contributed by atoms with Gasteiger partial charge in [0.15, 0.2) is 0 Å². The summed E-state index contributed by atoms with van der Waals surface area (Å²) in [7, 11) is 1.94. The van der Waals surface area contributed by atoms with Gasteiger partial charge in [-0.3, -0.25) is 14.5 Å². The highest BCUT2D eigenvalue weighted by atomic mass is 16.5. The van der Waals surface area contributed by atoms with Crippen molar-refractivity contribution in [1.29, 1.82) is 0 Å². The minimum atomic E-state index is -0.154. The van der Waals surface area contributed by atoms with Gasteiger partial charge in [-0.25, -0.2) is 0 Å². The second-order valence-electron chi connectivity index (χ2n) is 14.4. The number of aryl methyl sites for hydroxylation is 3. The molecule has 3 aromatic rings. The Kier molecular flexibility index (Phi) is 11.7. The van der Waals surface area contributed by atoms with Crippen molar-refractivity contribution in [2.45, 2.75) is 96.6 Å². The zero-order valence-corrected chi connectivity index (χ0v) is 30.4. The molecule has 4 atom stereocenters. The number of aromatic nitrogens is 1. The standard InChI is InChI=1S/C40H54N4O6/c1-6-48-37-22-43(23-38(37)49-7-2)30-19-31(25-50-32-14-12-28(24-45)13-15-32)44(20-30)39(46)18-29-16-27(4)35(17-26(29)3)41-40(47)34-21-42(5)36-11-9-8-10-33(34)36/h8-11,16-17,21,24,28,30-32,37-38H,6-7,12-15,18-20,22-23,25H2,1-5H3,(H,41,47)/t28?,30-,31-,32?,37-,38+/m0/s1. The van der Waals surface area contributed by atoms with Gasteiger partial charge in [-0.1, -0.05) is 24.3 Å². The first-order valence-electron chi connectivity index (χ1n) is 18.5. The second-order valence-corrected chi connectivity index (χ2v) is 14.4. The molecule has 2 amide bonds. The van der Waals surface area contributed by atoms with Crippen LogP contribution in [0.2, 0.25) is 0 Å². The molecule has 1 aromatic heterocycles. The highest BCUT2D eigenvalue weighted by Gasteiger charge is 2.44. The van der Waals surface area contributed by atoms with Crippen LogP contribution >= 0.6 is 0 Å². The Balaban J connectivity index is 1.15. The number of hydrogen-bond donors (Lipinski definition) is 1. The van der Waals surface area contributed by atoms with Crippen LogP contribution < -0.4 is 5.32 Å². The summed E-state index contributed by atoms with van der Waals surface area (Å²) in [6.07, 6.45) is 7.74. The van der Waals surface area contributed by atoms with E-state index in [1.807, 2.05) is 86.8 Å². The predicted octanol–water partition coefficient (Wildman–Crippen LogP) is 5.46. The lowest BCUT2D eigenvalue weighted by Gasteiger charge is -2.29. The van der Waals surface area contributed by atoms with Gasteiger partial charge >= 0.3 is 0 Å². The second kappa shape index (κ2) is 16.2. The minimum absolute atomic E-state index is 0.0256. The molecular weight excluding hydrogens is 632 g/mol. The molecule has 3 heterocycles. The van der Waals surface area contributed by atoms with Gasteiger partial charge in [0.2, 0.25) is 5.91 Å². The molecule has 6 rings (SSSR count). The van der Waals surface area contributed by atoms with Crippen molar-refractivity contribution in [3.05, 3.63) is 64.8 Å². The minimum Gasteiger partial charge on any atom is -0.376 e. The van der Waals surface area contributed by atoms with E-state index in [0.29, 0.717) is 31.9 Å². The number of fused-ring (bicyclic) bond motifs is 1. The van der Waals surface area contributed by atoms with Gasteiger partial charge in [-0.2, -0.15) is 0 Å². The number of aldehydes is 1. The highest BCUT2D eigenvalue weighted by molar-refractivity contribution is 6.13. The Hall–Kier alpha value is -3.57. The monoisotopic (exact) mass is 686 g/mol. The molecule has 0 radical (unpaired) electrons. The number of rotatable bonds is 13. The first-order chi connectivity index (χ1) is 24.2. The van der Waals surface area contributed by atoms with Crippen LogP contribution in [0, 0.1) is 19.8 Å². The molecule has 1 aliphatic carbocycles. The van der Waals surface area contributed by atoms with E-state index in [1.54, 1.807) is 0 Å². The molecule has 0 unspecified atom stereocenters. The van der Waals surface area contributed by atoms with Gasteiger partial charge in [-0.05, 0) is 88.6 Å². The number of hydrogen-bond acceptors (Lipinski definition) is 7. The maximum atomic E-state index is 14.2. The predicted molar refractivity (Wildman–Crippen MR) is 195 cm³/mol. The first kappa shape index (κ1) is 36.2. The van der Waals surface area contributed by atoms with E-state index in [4.69, 9.17) is 14.2 Å². The molecule has 2 aliphatic heterocycles. The fourth-order valence-electron chi connectivity index (χ4n) is 8.25. The van der Waals surface area contributed by atoms with E-state index in [9.17, 15) is 14.4 Å². The average Bonchev–Trinajstić information content (AvgIpc) is 3.82. The number of carbonyl (C=O) groups is 3. The Morgan fingerprint density at radius 3 is 2.30 bits per heavy atom. The normalized spacial score (nSPS) is 25.7. The molecule has 2 aromatic carbocycles. The Bertz CT molecular complexity index is 1650. The van der Waals surface area contributed by atoms with Gasteiger partial charge in [0.05, 0.1) is 42.9 Å². The van der Waals surface area contributed by atoms with Crippen molar-refractivity contribution in [2.75, 3.05) is 44.8 Å². The summed E-state index contributed by atoms with van der Waals surface area (Å²) in [5.41, 5.74) is 5.22. The third-order valence-corrected chi connectivity index (χ3v) is 11.1. The summed E-state index contributed by atoms with van der Waals surface area (Å²) >= 11 is 0. The smallest absolute Gasteiger partial charge is 0.257 e. The van der Waals surface area contributed by atoms with E-state index in [0.717, 1.165) is 84.8 Å². The molecule has 3 fully saturated rings. The van der Waals surface area contributed by atoms with E-state index >= 15 is 0 Å². The number of benzene rings is 2. The molecule has 10 nitrogen and oxygen atoms in total. The van der Waals surface area contributed by atoms with Gasteiger partial charge in [0.1, 0.15) is 6.29 Å². The maximum Gasteiger partial charge on any atom is 0.257 e. The molecule has 1 saturated carbocycles. The Labute approximate surface area is 296 Å². The maximum absolute atomic E-state index is 14.2. The van der Waals surface area contributed by atoms with E-state index in [-0.39, 0.29) is 54.5 Å². The molecule has 10 heteroatoms. The van der Waals surface area contributed by atoms with Crippen molar-refractivity contribution >= 4 is 34.7 Å². The Morgan fingerprint density at radius 1 is 0.920 bits per heavy atom. The molecule has 1 N–H and O–H groups in total. The molecule has 0 bridgehead atoms. The zero-order valence-electron chi connectivity index (χ0n) is 30.4. The average molecular weight is 687 g/mol. The summed E-state index contributed by atoms with van der Waals surface area (Å²) in [6, 6.07) is 12.1. The van der Waals surface area contributed by atoms with Crippen molar-refractivity contribution in [2.24, 2.45) is 13.0 Å². The van der Waals surface area contributed by atoms with Crippen molar-refractivity contribution < 1.29 is 28.6 Å². The number of nitrogens with zero attached hydrogens (tertiary/aromatic N) is 3. The molecule has 3 aliphatic rings. The number of nitrogens with one attached hydrogen (secondary N) is 1. The SMILES string of the molecule is CCO[C@H]1CN([C@H]2C[C@@H](COC3CCC(C=O)CC3)N(C(=O)Cc3cc(C)c(NC(=O)c4cn(C)c5ccccc45)cc3C)C2)C[C@H]1OCC. The van der Waals surface area contributed by atoms with Crippen molar-refractivity contribution in [3.63, 3.8) is 0 Å². The largest absolute Gasteiger partial charge is 0.376 e. The molecule has 0 spiro atoms. The third-order valence-electron chi connectivity index (χ3n) is 11.1. The van der Waals surface area contributed by atoms with E-state index in [2.05, 4.69) is 10.2 Å². The van der Waals surface area contributed by atoms with Crippen LogP contribution in [0.3, 0.4) is 0 Å².